The van der Waals surface area contributed by atoms with Crippen LogP contribution in [0.5, 0.6) is 0 Å². The fraction of sp³-hybridized carbons (Fsp3) is 0.263. The predicted molar refractivity (Wildman–Crippen MR) is 97.5 cm³/mol. The molecule has 0 heterocycles. The number of rotatable bonds is 6. The summed E-state index contributed by atoms with van der Waals surface area (Å²) in [6.07, 6.45) is 0. The minimum absolute atomic E-state index is 0.00161. The highest BCUT2D eigenvalue weighted by Crippen LogP contribution is 2.18. The minimum atomic E-state index is -0.383. The summed E-state index contributed by atoms with van der Waals surface area (Å²) < 4.78 is 0. The molecule has 0 saturated carbocycles. The molecule has 2 rings (SSSR count). The number of amides is 1. The highest BCUT2D eigenvalue weighted by atomic mass is 35.5. The quantitative estimate of drug-likeness (QED) is 0.771. The third-order valence-corrected chi connectivity index (χ3v) is 4.04. The number of hydrogen-bond donors (Lipinski definition) is 2. The standard InChI is InChI=1S/C19H21ClN2O2/c1-12(16-5-4-6-17(20)11-16)21-13(2)19(24)22-18-9-7-15(8-10-18)14(3)23/h4-13,21H,1-3H3,(H,22,24)/t12-,13-/m1/s1. The van der Waals surface area contributed by atoms with Gasteiger partial charge in [0, 0.05) is 22.3 Å². The van der Waals surface area contributed by atoms with E-state index in [1.54, 1.807) is 31.2 Å². The second-order valence-electron chi connectivity index (χ2n) is 5.79. The van der Waals surface area contributed by atoms with Crippen LogP contribution < -0.4 is 10.6 Å². The molecule has 126 valence electrons. The van der Waals surface area contributed by atoms with Gasteiger partial charge in [-0.1, -0.05) is 23.7 Å². The van der Waals surface area contributed by atoms with Gasteiger partial charge in [-0.25, -0.2) is 0 Å². The summed E-state index contributed by atoms with van der Waals surface area (Å²) in [6, 6.07) is 14.0. The Morgan fingerprint density at radius 3 is 2.29 bits per heavy atom. The number of halogens is 1. The van der Waals surface area contributed by atoms with Crippen molar-refractivity contribution in [2.45, 2.75) is 32.9 Å². The Balaban J connectivity index is 1.95. The van der Waals surface area contributed by atoms with Crippen molar-refractivity contribution in [2.24, 2.45) is 0 Å². The zero-order chi connectivity index (χ0) is 17.7. The Labute approximate surface area is 147 Å². The van der Waals surface area contributed by atoms with Gasteiger partial charge >= 0.3 is 0 Å². The number of ketones is 1. The summed E-state index contributed by atoms with van der Waals surface area (Å²) in [7, 11) is 0. The molecular formula is C19H21ClN2O2. The van der Waals surface area contributed by atoms with Gasteiger partial charge in [-0.2, -0.15) is 0 Å². The summed E-state index contributed by atoms with van der Waals surface area (Å²) >= 11 is 6.00. The number of carbonyl (C=O) groups excluding carboxylic acids is 2. The molecule has 24 heavy (non-hydrogen) atoms. The molecule has 0 saturated heterocycles. The third kappa shape index (κ3) is 4.91. The first-order valence-electron chi connectivity index (χ1n) is 7.80. The van der Waals surface area contributed by atoms with Crippen molar-refractivity contribution in [1.82, 2.24) is 5.32 Å². The molecule has 0 aliphatic rings. The topological polar surface area (TPSA) is 58.2 Å². The molecule has 0 aliphatic heterocycles. The average Bonchev–Trinajstić information content (AvgIpc) is 2.55. The van der Waals surface area contributed by atoms with E-state index in [0.717, 1.165) is 5.56 Å². The van der Waals surface area contributed by atoms with Crippen molar-refractivity contribution in [2.75, 3.05) is 5.32 Å². The van der Waals surface area contributed by atoms with Crippen molar-refractivity contribution >= 4 is 29.0 Å². The Kier molecular flexibility index (Phi) is 6.12. The van der Waals surface area contributed by atoms with Crippen LogP contribution in [0.4, 0.5) is 5.69 Å². The minimum Gasteiger partial charge on any atom is -0.325 e. The zero-order valence-corrected chi connectivity index (χ0v) is 14.7. The SMILES string of the molecule is CC(=O)c1ccc(NC(=O)[C@@H](C)N[C@H](C)c2cccc(Cl)c2)cc1. The van der Waals surface area contributed by atoms with Crippen LogP contribution in [0.15, 0.2) is 48.5 Å². The molecule has 0 spiro atoms. The molecule has 0 radical (unpaired) electrons. The van der Waals surface area contributed by atoms with Crippen LogP contribution >= 0.6 is 11.6 Å². The zero-order valence-electron chi connectivity index (χ0n) is 14.0. The summed E-state index contributed by atoms with van der Waals surface area (Å²) in [4.78, 5) is 23.6. The van der Waals surface area contributed by atoms with Gasteiger partial charge in [-0.3, -0.25) is 14.9 Å². The predicted octanol–water partition coefficient (Wildman–Crippen LogP) is 4.22. The fourth-order valence-electron chi connectivity index (χ4n) is 2.36. The molecule has 1 amide bonds. The number of Topliss-reactive ketones (excluding diaryl/α,β-unsaturated/α-hetero) is 1. The van der Waals surface area contributed by atoms with Crippen molar-refractivity contribution in [3.63, 3.8) is 0 Å². The first kappa shape index (κ1) is 18.2. The highest BCUT2D eigenvalue weighted by molar-refractivity contribution is 6.30. The van der Waals surface area contributed by atoms with Crippen LogP contribution in [-0.2, 0) is 4.79 Å². The number of benzene rings is 2. The molecule has 5 heteroatoms. The normalized spacial score (nSPS) is 13.2. The molecule has 2 N–H and O–H groups in total. The number of nitrogens with one attached hydrogen (secondary N) is 2. The van der Waals surface area contributed by atoms with E-state index in [1.165, 1.54) is 6.92 Å². The maximum absolute atomic E-state index is 12.3. The Bertz CT molecular complexity index is 728. The lowest BCUT2D eigenvalue weighted by molar-refractivity contribution is -0.117. The van der Waals surface area contributed by atoms with Gasteiger partial charge in [0.15, 0.2) is 5.78 Å². The Morgan fingerprint density at radius 1 is 1.04 bits per heavy atom. The molecule has 0 aliphatic carbocycles. The number of carbonyl (C=O) groups is 2. The van der Waals surface area contributed by atoms with Crippen LogP contribution in [0.3, 0.4) is 0 Å². The lowest BCUT2D eigenvalue weighted by atomic mass is 10.1. The molecule has 4 nitrogen and oxygen atoms in total. The smallest absolute Gasteiger partial charge is 0.241 e. The van der Waals surface area contributed by atoms with E-state index in [2.05, 4.69) is 10.6 Å². The van der Waals surface area contributed by atoms with Crippen molar-refractivity contribution < 1.29 is 9.59 Å². The van der Waals surface area contributed by atoms with Crippen LogP contribution in [0.25, 0.3) is 0 Å². The lowest BCUT2D eigenvalue weighted by Gasteiger charge is -2.20. The maximum atomic E-state index is 12.3. The van der Waals surface area contributed by atoms with Crippen LogP contribution in [0.2, 0.25) is 5.02 Å². The molecule has 0 fully saturated rings. The number of hydrogen-bond acceptors (Lipinski definition) is 3. The summed E-state index contributed by atoms with van der Waals surface area (Å²) in [6.45, 7) is 5.30. The molecule has 0 bridgehead atoms. The van der Waals surface area contributed by atoms with Gasteiger partial charge in [-0.05, 0) is 62.7 Å². The van der Waals surface area contributed by atoms with Crippen LogP contribution in [0, 0.1) is 0 Å². The molecule has 0 aromatic heterocycles. The van der Waals surface area contributed by atoms with Gasteiger partial charge in [0.2, 0.25) is 5.91 Å². The summed E-state index contributed by atoms with van der Waals surface area (Å²) in [5.41, 5.74) is 2.30. The van der Waals surface area contributed by atoms with Gasteiger partial charge in [0.25, 0.3) is 0 Å². The highest BCUT2D eigenvalue weighted by Gasteiger charge is 2.16. The largest absolute Gasteiger partial charge is 0.325 e. The average molecular weight is 345 g/mol. The van der Waals surface area contributed by atoms with E-state index in [-0.39, 0.29) is 23.8 Å². The molecular weight excluding hydrogens is 324 g/mol. The van der Waals surface area contributed by atoms with Gasteiger partial charge < -0.3 is 5.32 Å². The molecule has 2 aromatic carbocycles. The molecule has 0 unspecified atom stereocenters. The molecule has 2 atom stereocenters. The van der Waals surface area contributed by atoms with Crippen molar-refractivity contribution in [3.8, 4) is 0 Å². The number of anilines is 1. The second-order valence-corrected chi connectivity index (χ2v) is 6.22. The van der Waals surface area contributed by atoms with E-state index in [0.29, 0.717) is 16.3 Å². The van der Waals surface area contributed by atoms with Crippen LogP contribution in [-0.4, -0.2) is 17.7 Å². The maximum Gasteiger partial charge on any atom is 0.241 e. The van der Waals surface area contributed by atoms with Gasteiger partial charge in [0.05, 0.1) is 6.04 Å². The first-order valence-corrected chi connectivity index (χ1v) is 8.18. The van der Waals surface area contributed by atoms with Crippen molar-refractivity contribution in [1.29, 1.82) is 0 Å². The fourth-order valence-corrected chi connectivity index (χ4v) is 2.56. The Hall–Kier alpha value is -2.17. The Morgan fingerprint density at radius 2 is 1.71 bits per heavy atom. The van der Waals surface area contributed by atoms with E-state index in [1.807, 2.05) is 31.2 Å². The van der Waals surface area contributed by atoms with E-state index in [9.17, 15) is 9.59 Å². The van der Waals surface area contributed by atoms with E-state index < -0.39 is 0 Å². The summed E-state index contributed by atoms with van der Waals surface area (Å²) in [5, 5.41) is 6.76. The lowest BCUT2D eigenvalue weighted by Crippen LogP contribution is -2.39. The monoisotopic (exact) mass is 344 g/mol. The second kappa shape index (κ2) is 8.08. The molecule has 2 aromatic rings. The van der Waals surface area contributed by atoms with E-state index >= 15 is 0 Å². The first-order chi connectivity index (χ1) is 11.4. The van der Waals surface area contributed by atoms with Crippen LogP contribution in [0.1, 0.15) is 42.7 Å². The third-order valence-electron chi connectivity index (χ3n) is 3.80. The van der Waals surface area contributed by atoms with E-state index in [4.69, 9.17) is 11.6 Å². The van der Waals surface area contributed by atoms with Crippen molar-refractivity contribution in [3.05, 3.63) is 64.7 Å². The van der Waals surface area contributed by atoms with Gasteiger partial charge in [0.1, 0.15) is 0 Å². The van der Waals surface area contributed by atoms with Gasteiger partial charge in [-0.15, -0.1) is 0 Å². The summed E-state index contributed by atoms with van der Waals surface area (Å²) in [5.74, 6) is -0.141.